The lowest BCUT2D eigenvalue weighted by atomic mass is 10.1. The summed E-state index contributed by atoms with van der Waals surface area (Å²) in [5.74, 6) is 0.0151. The summed E-state index contributed by atoms with van der Waals surface area (Å²) in [6.07, 6.45) is 1.93. The Morgan fingerprint density at radius 1 is 1.19 bits per heavy atom. The van der Waals surface area contributed by atoms with Gasteiger partial charge in [-0.25, -0.2) is 0 Å². The average Bonchev–Trinajstić information content (AvgIpc) is 2.50. The van der Waals surface area contributed by atoms with Gasteiger partial charge >= 0.3 is 0 Å². The van der Waals surface area contributed by atoms with Gasteiger partial charge in [0.25, 0.3) is 5.91 Å². The fraction of sp³-hybridized carbons (Fsp3) is 0.235. The molecule has 0 radical (unpaired) electrons. The molecule has 4 heteroatoms. The number of carbonyl (C=O) groups is 1. The second-order valence-electron chi connectivity index (χ2n) is 4.94. The van der Waals surface area contributed by atoms with E-state index in [1.54, 1.807) is 11.0 Å². The number of nitrogens with zero attached hydrogens (tertiary/aromatic N) is 1. The maximum absolute atomic E-state index is 12.3. The second-order valence-corrected chi connectivity index (χ2v) is 6.51. The lowest BCUT2D eigenvalue weighted by molar-refractivity contribution is 0.0793. The van der Waals surface area contributed by atoms with Crippen LogP contribution in [0.4, 0.5) is 0 Å². The van der Waals surface area contributed by atoms with Crippen LogP contribution in [-0.4, -0.2) is 24.4 Å². The third kappa shape index (κ3) is 4.71. The van der Waals surface area contributed by atoms with Crippen molar-refractivity contribution in [3.05, 3.63) is 68.3 Å². The summed E-state index contributed by atoms with van der Waals surface area (Å²) in [6, 6.07) is 15.7. The molecular weight excluding hydrogens is 397 g/mol. The predicted octanol–water partition coefficient (Wildman–Crippen LogP) is 4.65. The largest absolute Gasteiger partial charge is 0.342 e. The Morgan fingerprint density at radius 2 is 1.90 bits per heavy atom. The first-order valence-corrected chi connectivity index (χ1v) is 8.28. The van der Waals surface area contributed by atoms with Gasteiger partial charge in [0.2, 0.25) is 0 Å². The molecule has 0 aliphatic carbocycles. The number of carbonyl (C=O) groups excluding carboxylic acids is 1. The number of halogens is 2. The molecule has 0 saturated heterocycles. The van der Waals surface area contributed by atoms with E-state index in [9.17, 15) is 4.79 Å². The van der Waals surface area contributed by atoms with Gasteiger partial charge in [0.15, 0.2) is 0 Å². The van der Waals surface area contributed by atoms with Crippen LogP contribution < -0.4 is 0 Å². The zero-order valence-corrected chi connectivity index (χ0v) is 14.8. The van der Waals surface area contributed by atoms with E-state index < -0.39 is 0 Å². The fourth-order valence-electron chi connectivity index (χ4n) is 2.12. The molecule has 0 atom stereocenters. The molecule has 0 unspecified atom stereocenters. The third-order valence-electron chi connectivity index (χ3n) is 3.32. The fourth-order valence-corrected chi connectivity index (χ4v) is 2.63. The smallest absolute Gasteiger partial charge is 0.253 e. The SMILES string of the molecule is CN(CCCc1ccccc1)C(=O)c1ccc(I)c(Cl)c1. The summed E-state index contributed by atoms with van der Waals surface area (Å²) in [5, 5.41) is 0.624. The zero-order valence-electron chi connectivity index (χ0n) is 11.9. The van der Waals surface area contributed by atoms with Crippen molar-refractivity contribution in [1.82, 2.24) is 4.90 Å². The van der Waals surface area contributed by atoms with Crippen LogP contribution >= 0.6 is 34.2 Å². The van der Waals surface area contributed by atoms with Gasteiger partial charge in [-0.05, 0) is 59.2 Å². The topological polar surface area (TPSA) is 20.3 Å². The summed E-state index contributed by atoms with van der Waals surface area (Å²) >= 11 is 8.22. The van der Waals surface area contributed by atoms with Crippen LogP contribution in [0.5, 0.6) is 0 Å². The number of benzene rings is 2. The highest BCUT2D eigenvalue weighted by molar-refractivity contribution is 14.1. The van der Waals surface area contributed by atoms with Crippen molar-refractivity contribution < 1.29 is 4.79 Å². The quantitative estimate of drug-likeness (QED) is 0.654. The molecule has 0 bridgehead atoms. The van der Waals surface area contributed by atoms with E-state index in [0.29, 0.717) is 10.6 Å². The van der Waals surface area contributed by atoms with E-state index in [0.717, 1.165) is 23.0 Å². The molecule has 21 heavy (non-hydrogen) atoms. The van der Waals surface area contributed by atoms with Crippen molar-refractivity contribution in [3.63, 3.8) is 0 Å². The van der Waals surface area contributed by atoms with E-state index in [4.69, 9.17) is 11.6 Å². The molecule has 2 rings (SSSR count). The van der Waals surface area contributed by atoms with Crippen molar-refractivity contribution in [3.8, 4) is 0 Å². The highest BCUT2D eigenvalue weighted by Gasteiger charge is 2.12. The highest BCUT2D eigenvalue weighted by Crippen LogP contribution is 2.20. The number of rotatable bonds is 5. The minimum absolute atomic E-state index is 0.0151. The van der Waals surface area contributed by atoms with Crippen LogP contribution in [0.15, 0.2) is 48.5 Å². The standard InChI is InChI=1S/C17H17ClINO/c1-20(11-5-8-13-6-3-2-4-7-13)17(21)14-9-10-16(19)15(18)12-14/h2-4,6-7,9-10,12H,5,8,11H2,1H3. The molecule has 0 saturated carbocycles. The first kappa shape index (κ1) is 16.3. The Kier molecular flexibility index (Phi) is 6.06. The first-order valence-electron chi connectivity index (χ1n) is 6.82. The molecule has 0 N–H and O–H groups in total. The summed E-state index contributed by atoms with van der Waals surface area (Å²) < 4.78 is 0.956. The molecule has 1 amide bonds. The van der Waals surface area contributed by atoms with Gasteiger partial charge in [-0.3, -0.25) is 4.79 Å². The highest BCUT2D eigenvalue weighted by atomic mass is 127. The monoisotopic (exact) mass is 413 g/mol. The van der Waals surface area contributed by atoms with Crippen LogP contribution in [0.1, 0.15) is 22.3 Å². The van der Waals surface area contributed by atoms with Crippen LogP contribution in [0.3, 0.4) is 0 Å². The Balaban J connectivity index is 1.89. The maximum Gasteiger partial charge on any atom is 0.253 e. The molecule has 0 fully saturated rings. The van der Waals surface area contributed by atoms with Gasteiger partial charge in [0.05, 0.1) is 5.02 Å². The Hall–Kier alpha value is -1.07. The second kappa shape index (κ2) is 7.80. The Morgan fingerprint density at radius 3 is 2.57 bits per heavy atom. The number of aryl methyl sites for hydroxylation is 1. The summed E-state index contributed by atoms with van der Waals surface area (Å²) in [4.78, 5) is 14.1. The summed E-state index contributed by atoms with van der Waals surface area (Å²) in [5.41, 5.74) is 1.94. The number of hydrogen-bond donors (Lipinski definition) is 0. The maximum atomic E-state index is 12.3. The van der Waals surface area contributed by atoms with Gasteiger partial charge in [0.1, 0.15) is 0 Å². The van der Waals surface area contributed by atoms with E-state index in [1.807, 2.05) is 37.4 Å². The number of hydrogen-bond acceptors (Lipinski definition) is 1. The first-order chi connectivity index (χ1) is 10.1. The van der Waals surface area contributed by atoms with Gasteiger partial charge < -0.3 is 4.90 Å². The van der Waals surface area contributed by atoms with Gasteiger partial charge in [-0.1, -0.05) is 41.9 Å². The van der Waals surface area contributed by atoms with Crippen LogP contribution in [0.2, 0.25) is 5.02 Å². The van der Waals surface area contributed by atoms with Crippen molar-refractivity contribution in [2.45, 2.75) is 12.8 Å². The van der Waals surface area contributed by atoms with Crippen molar-refractivity contribution in [2.75, 3.05) is 13.6 Å². The summed E-state index contributed by atoms with van der Waals surface area (Å²) in [7, 11) is 1.83. The average molecular weight is 414 g/mol. The van der Waals surface area contributed by atoms with Gasteiger partial charge in [0, 0.05) is 22.7 Å². The zero-order chi connectivity index (χ0) is 15.2. The van der Waals surface area contributed by atoms with Crippen LogP contribution in [-0.2, 0) is 6.42 Å². The lowest BCUT2D eigenvalue weighted by Gasteiger charge is -2.17. The Bertz CT molecular complexity index is 615. The lowest BCUT2D eigenvalue weighted by Crippen LogP contribution is -2.28. The van der Waals surface area contributed by atoms with Crippen molar-refractivity contribution >= 4 is 40.1 Å². The molecule has 2 aromatic rings. The predicted molar refractivity (Wildman–Crippen MR) is 95.9 cm³/mol. The van der Waals surface area contributed by atoms with E-state index in [1.165, 1.54) is 5.56 Å². The molecule has 0 aliphatic rings. The molecule has 0 aliphatic heterocycles. The molecule has 0 spiro atoms. The summed E-state index contributed by atoms with van der Waals surface area (Å²) in [6.45, 7) is 0.733. The number of amides is 1. The van der Waals surface area contributed by atoms with E-state index in [2.05, 4.69) is 34.7 Å². The van der Waals surface area contributed by atoms with Gasteiger partial charge in [-0.2, -0.15) is 0 Å². The van der Waals surface area contributed by atoms with Crippen LogP contribution in [0.25, 0.3) is 0 Å². The molecule has 110 valence electrons. The molecular formula is C17H17ClINO. The van der Waals surface area contributed by atoms with Crippen molar-refractivity contribution in [1.29, 1.82) is 0 Å². The normalized spacial score (nSPS) is 10.4. The van der Waals surface area contributed by atoms with Gasteiger partial charge in [-0.15, -0.1) is 0 Å². The minimum Gasteiger partial charge on any atom is -0.342 e. The molecule has 0 aromatic heterocycles. The Labute approximate surface area is 144 Å². The van der Waals surface area contributed by atoms with Crippen molar-refractivity contribution in [2.24, 2.45) is 0 Å². The minimum atomic E-state index is 0.0151. The third-order valence-corrected chi connectivity index (χ3v) is 4.89. The van der Waals surface area contributed by atoms with E-state index >= 15 is 0 Å². The molecule has 2 nitrogen and oxygen atoms in total. The van der Waals surface area contributed by atoms with Crippen LogP contribution in [0, 0.1) is 3.57 Å². The molecule has 2 aromatic carbocycles. The van der Waals surface area contributed by atoms with E-state index in [-0.39, 0.29) is 5.91 Å². The molecule has 0 heterocycles.